The largest absolute Gasteiger partial charge is 0.481 e. The van der Waals surface area contributed by atoms with E-state index < -0.39 is 11.4 Å². The third kappa shape index (κ3) is 3.07. The topological polar surface area (TPSA) is 69.6 Å². The van der Waals surface area contributed by atoms with Crippen LogP contribution < -0.4 is 5.32 Å². The summed E-state index contributed by atoms with van der Waals surface area (Å²) < 4.78 is 0. The Morgan fingerprint density at radius 3 is 2.10 bits per heavy atom. The summed E-state index contributed by atoms with van der Waals surface area (Å²) in [5, 5.41) is 12.5. The molecule has 5 nitrogen and oxygen atoms in total. The van der Waals surface area contributed by atoms with Gasteiger partial charge in [0.2, 0.25) is 0 Å². The van der Waals surface area contributed by atoms with Crippen LogP contribution in [0.25, 0.3) is 0 Å². The van der Waals surface area contributed by atoms with Crippen molar-refractivity contribution >= 4 is 12.0 Å². The molecule has 2 amide bonds. The van der Waals surface area contributed by atoms with Crippen molar-refractivity contribution in [2.45, 2.75) is 65.3 Å². The summed E-state index contributed by atoms with van der Waals surface area (Å²) in [4.78, 5) is 25.5. The second-order valence-electron chi connectivity index (χ2n) is 5.88. The van der Waals surface area contributed by atoms with Crippen LogP contribution in [0.1, 0.15) is 59.8 Å². The van der Waals surface area contributed by atoms with Crippen molar-refractivity contribution in [1.29, 1.82) is 0 Å². The van der Waals surface area contributed by atoms with Crippen LogP contribution in [0.4, 0.5) is 4.79 Å². The maximum atomic E-state index is 12.4. The lowest BCUT2D eigenvalue weighted by atomic mass is 9.84. The van der Waals surface area contributed by atoms with Gasteiger partial charge in [0.05, 0.1) is 5.41 Å². The normalized spacial score (nSPS) is 22.9. The third-order valence-electron chi connectivity index (χ3n) is 5.17. The van der Waals surface area contributed by atoms with Crippen LogP contribution in [0.2, 0.25) is 0 Å². The van der Waals surface area contributed by atoms with Crippen molar-refractivity contribution < 1.29 is 14.7 Å². The Morgan fingerprint density at radius 1 is 1.20 bits per heavy atom. The van der Waals surface area contributed by atoms with Crippen molar-refractivity contribution in [1.82, 2.24) is 10.2 Å². The zero-order chi connectivity index (χ0) is 15.4. The highest BCUT2D eigenvalue weighted by molar-refractivity contribution is 5.80. The van der Waals surface area contributed by atoms with E-state index in [1.807, 2.05) is 6.92 Å². The summed E-state index contributed by atoms with van der Waals surface area (Å²) in [6.07, 6.45) is 3.77. The van der Waals surface area contributed by atoms with Gasteiger partial charge in [-0.3, -0.25) is 4.79 Å². The second kappa shape index (κ2) is 6.46. The number of hydrogen-bond acceptors (Lipinski definition) is 2. The summed E-state index contributed by atoms with van der Waals surface area (Å²) in [6.45, 7) is 8.95. The highest BCUT2D eigenvalue weighted by Gasteiger charge is 2.45. The minimum atomic E-state index is -0.789. The van der Waals surface area contributed by atoms with Crippen LogP contribution in [-0.4, -0.2) is 40.6 Å². The van der Waals surface area contributed by atoms with E-state index in [4.69, 9.17) is 0 Å². The van der Waals surface area contributed by atoms with Crippen LogP contribution >= 0.6 is 0 Å². The van der Waals surface area contributed by atoms with Gasteiger partial charge < -0.3 is 15.3 Å². The lowest BCUT2D eigenvalue weighted by Gasteiger charge is -2.34. The number of carbonyl (C=O) groups is 2. The number of rotatable bonds is 6. The first-order valence-electron chi connectivity index (χ1n) is 7.69. The molecule has 1 atom stereocenters. The number of carboxylic acids is 1. The van der Waals surface area contributed by atoms with Gasteiger partial charge in [-0.2, -0.15) is 0 Å². The monoisotopic (exact) mass is 284 g/mol. The van der Waals surface area contributed by atoms with Crippen LogP contribution in [0.15, 0.2) is 0 Å². The molecular formula is C15H28N2O3. The van der Waals surface area contributed by atoms with E-state index in [1.165, 1.54) is 0 Å². The Morgan fingerprint density at radius 2 is 1.75 bits per heavy atom. The van der Waals surface area contributed by atoms with Crippen molar-refractivity contribution in [2.75, 3.05) is 13.1 Å². The summed E-state index contributed by atoms with van der Waals surface area (Å²) in [5.74, 6) is -0.789. The summed E-state index contributed by atoms with van der Waals surface area (Å²) in [6, 6.07) is -0.118. The molecule has 0 saturated carbocycles. The quantitative estimate of drug-likeness (QED) is 0.788. The molecule has 2 N–H and O–H groups in total. The lowest BCUT2D eigenvalue weighted by molar-refractivity contribution is -0.148. The Bertz CT molecular complexity index is 358. The summed E-state index contributed by atoms with van der Waals surface area (Å²) >= 11 is 0. The highest BCUT2D eigenvalue weighted by Crippen LogP contribution is 2.34. The molecule has 0 aromatic rings. The van der Waals surface area contributed by atoms with Gasteiger partial charge in [-0.25, -0.2) is 4.79 Å². The minimum Gasteiger partial charge on any atom is -0.481 e. The zero-order valence-corrected chi connectivity index (χ0v) is 13.2. The van der Waals surface area contributed by atoms with Crippen LogP contribution in [-0.2, 0) is 4.79 Å². The van der Waals surface area contributed by atoms with Crippen molar-refractivity contribution in [3.63, 3.8) is 0 Å². The highest BCUT2D eigenvalue weighted by atomic mass is 16.4. The second-order valence-corrected chi connectivity index (χ2v) is 5.88. The van der Waals surface area contributed by atoms with E-state index in [0.29, 0.717) is 25.9 Å². The number of carboxylic acid groups (broad SMARTS) is 1. The van der Waals surface area contributed by atoms with Crippen LogP contribution in [0.5, 0.6) is 0 Å². The Labute approximate surface area is 121 Å². The molecule has 1 saturated heterocycles. The number of hydrogen-bond donors (Lipinski definition) is 2. The number of carbonyl (C=O) groups excluding carboxylic acids is 1. The van der Waals surface area contributed by atoms with Gasteiger partial charge in [-0.05, 0) is 32.1 Å². The number of nitrogens with one attached hydrogen (secondary N) is 1. The lowest BCUT2D eigenvalue weighted by Crippen LogP contribution is -2.52. The molecule has 0 radical (unpaired) electrons. The first-order valence-corrected chi connectivity index (χ1v) is 7.69. The van der Waals surface area contributed by atoms with Crippen molar-refractivity contribution in [3.05, 3.63) is 0 Å². The molecule has 0 bridgehead atoms. The van der Waals surface area contributed by atoms with E-state index >= 15 is 0 Å². The van der Waals surface area contributed by atoms with Gasteiger partial charge in [-0.1, -0.05) is 27.7 Å². The van der Waals surface area contributed by atoms with Crippen LogP contribution in [0, 0.1) is 5.41 Å². The van der Waals surface area contributed by atoms with E-state index in [-0.39, 0.29) is 11.6 Å². The number of likely N-dealkylation sites (tertiary alicyclic amines) is 1. The van der Waals surface area contributed by atoms with Gasteiger partial charge in [0.1, 0.15) is 0 Å². The maximum absolute atomic E-state index is 12.4. The predicted octanol–water partition coefficient (Wildman–Crippen LogP) is 2.85. The molecule has 1 aliphatic heterocycles. The molecular weight excluding hydrogens is 256 g/mol. The van der Waals surface area contributed by atoms with E-state index in [2.05, 4.69) is 26.1 Å². The number of nitrogens with zero attached hydrogens (tertiary/aromatic N) is 1. The molecule has 0 aromatic heterocycles. The van der Waals surface area contributed by atoms with Crippen molar-refractivity contribution in [3.8, 4) is 0 Å². The van der Waals surface area contributed by atoms with Gasteiger partial charge in [0, 0.05) is 18.6 Å². The molecule has 0 aliphatic carbocycles. The van der Waals surface area contributed by atoms with Gasteiger partial charge in [0.15, 0.2) is 0 Å². The molecule has 1 rings (SSSR count). The molecule has 5 heteroatoms. The Kier molecular flexibility index (Phi) is 5.42. The first kappa shape index (κ1) is 16.8. The summed E-state index contributed by atoms with van der Waals surface area (Å²) in [7, 11) is 0. The molecule has 116 valence electrons. The fourth-order valence-corrected chi connectivity index (χ4v) is 2.98. The fourth-order valence-electron chi connectivity index (χ4n) is 2.98. The van der Waals surface area contributed by atoms with E-state index in [9.17, 15) is 14.7 Å². The molecule has 0 spiro atoms. The van der Waals surface area contributed by atoms with Crippen molar-refractivity contribution in [2.24, 2.45) is 5.41 Å². The fraction of sp³-hybridized carbons (Fsp3) is 0.867. The van der Waals surface area contributed by atoms with Crippen LogP contribution in [0.3, 0.4) is 0 Å². The number of aliphatic carboxylic acids is 1. The third-order valence-corrected chi connectivity index (χ3v) is 5.17. The number of urea groups is 1. The Balaban J connectivity index is 2.74. The zero-order valence-electron chi connectivity index (χ0n) is 13.2. The SMILES string of the molecule is CCC(CC)(CC)NC(=O)N1CCC(CC)(C(=O)O)C1. The predicted molar refractivity (Wildman–Crippen MR) is 78.7 cm³/mol. The first-order chi connectivity index (χ1) is 9.38. The van der Waals surface area contributed by atoms with Gasteiger partial charge >= 0.3 is 12.0 Å². The number of amides is 2. The molecule has 1 unspecified atom stereocenters. The average Bonchev–Trinajstić information content (AvgIpc) is 2.91. The maximum Gasteiger partial charge on any atom is 0.317 e. The molecule has 0 aromatic carbocycles. The molecule has 20 heavy (non-hydrogen) atoms. The molecule has 1 aliphatic rings. The smallest absolute Gasteiger partial charge is 0.317 e. The van der Waals surface area contributed by atoms with E-state index in [1.54, 1.807) is 4.90 Å². The minimum absolute atomic E-state index is 0.118. The molecule has 1 fully saturated rings. The summed E-state index contributed by atoms with van der Waals surface area (Å²) in [5.41, 5.74) is -0.928. The Hall–Kier alpha value is -1.26. The standard InChI is InChI=1S/C15H28N2O3/c1-5-14(12(18)19)9-10-17(11-14)13(20)16-15(6-2,7-3)8-4/h5-11H2,1-4H3,(H,16,20)(H,18,19). The van der Waals surface area contributed by atoms with E-state index in [0.717, 1.165) is 19.3 Å². The van der Waals surface area contributed by atoms with Gasteiger partial charge in [-0.15, -0.1) is 0 Å². The average molecular weight is 284 g/mol. The molecule has 1 heterocycles. The van der Waals surface area contributed by atoms with Gasteiger partial charge in [0.25, 0.3) is 0 Å².